The predicted molar refractivity (Wildman–Crippen MR) is 44.8 cm³/mol. The first-order valence-electron chi connectivity index (χ1n) is 3.90. The molecule has 0 spiro atoms. The van der Waals surface area contributed by atoms with Crippen molar-refractivity contribution in [1.29, 1.82) is 0 Å². The number of hydrogen-bond donors (Lipinski definition) is 4. The Kier molecular flexibility index (Phi) is 5.01. The molecule has 0 heterocycles. The van der Waals surface area contributed by atoms with Crippen molar-refractivity contribution in [3.63, 3.8) is 0 Å². The molecule has 0 unspecified atom stereocenters. The van der Waals surface area contributed by atoms with Crippen LogP contribution in [-0.4, -0.2) is 47.8 Å². The number of aliphatic hydroxyl groups is 2. The van der Waals surface area contributed by atoms with E-state index in [4.69, 9.17) is 10.2 Å². The van der Waals surface area contributed by atoms with Gasteiger partial charge in [0.1, 0.15) is 0 Å². The molecule has 0 aromatic rings. The third-order valence-electron chi connectivity index (χ3n) is 1.43. The second-order valence-corrected chi connectivity index (χ2v) is 2.40. The van der Waals surface area contributed by atoms with Gasteiger partial charge < -0.3 is 20.8 Å². The molecule has 6 heteroatoms. The molecule has 4 N–H and O–H groups in total. The lowest BCUT2D eigenvalue weighted by Crippen LogP contribution is -2.48. The Balaban J connectivity index is 4.16. The summed E-state index contributed by atoms with van der Waals surface area (Å²) in [6, 6.07) is 0. The van der Waals surface area contributed by atoms with Gasteiger partial charge in [-0.3, -0.25) is 9.59 Å². The van der Waals surface area contributed by atoms with E-state index in [1.807, 2.05) is 0 Å². The quantitative estimate of drug-likeness (QED) is 0.397. The highest BCUT2D eigenvalue weighted by molar-refractivity contribution is 5.90. The van der Waals surface area contributed by atoms with Crippen LogP contribution >= 0.6 is 0 Å². The number of amides is 2. The molecule has 6 nitrogen and oxygen atoms in total. The van der Waals surface area contributed by atoms with Crippen LogP contribution in [0.2, 0.25) is 0 Å². The van der Waals surface area contributed by atoms with Crippen molar-refractivity contribution < 1.29 is 19.8 Å². The Bertz CT molecular complexity index is 195. The molecule has 2 atom stereocenters. The molecule has 0 fully saturated rings. The highest BCUT2D eigenvalue weighted by atomic mass is 16.3. The van der Waals surface area contributed by atoms with Crippen molar-refractivity contribution >= 4 is 11.8 Å². The topological polar surface area (TPSA) is 98.7 Å². The lowest BCUT2D eigenvalue weighted by molar-refractivity contribution is -0.145. The first-order chi connectivity index (χ1) is 6.04. The Morgan fingerprint density at radius 2 is 1.69 bits per heavy atom. The minimum absolute atomic E-state index is 0.330. The fraction of sp³-hybridized carbons (Fsp3) is 0.714. The first-order valence-corrected chi connectivity index (χ1v) is 3.90. The minimum Gasteiger partial charge on any atom is -0.380 e. The van der Waals surface area contributed by atoms with Crippen molar-refractivity contribution in [3.05, 3.63) is 0 Å². The summed E-state index contributed by atoms with van der Waals surface area (Å²) in [7, 11) is 1.30. The SMILES string of the molecule is CCNC(=O)[C@@H](O)[C@H](O)C(=O)NC. The first kappa shape index (κ1) is 11.9. The maximum atomic E-state index is 10.9. The van der Waals surface area contributed by atoms with Crippen LogP contribution in [0.25, 0.3) is 0 Å². The van der Waals surface area contributed by atoms with Crippen LogP contribution in [0, 0.1) is 0 Å². The predicted octanol–water partition coefficient (Wildman–Crippen LogP) is -2.41. The van der Waals surface area contributed by atoms with Crippen molar-refractivity contribution in [1.82, 2.24) is 10.6 Å². The van der Waals surface area contributed by atoms with Gasteiger partial charge >= 0.3 is 0 Å². The summed E-state index contributed by atoms with van der Waals surface area (Å²) in [5.74, 6) is -1.56. The van der Waals surface area contributed by atoms with Gasteiger partial charge in [0.15, 0.2) is 12.2 Å². The third kappa shape index (κ3) is 3.39. The summed E-state index contributed by atoms with van der Waals surface area (Å²) in [6.45, 7) is 1.99. The summed E-state index contributed by atoms with van der Waals surface area (Å²) in [5, 5.41) is 22.5. The fourth-order valence-electron chi connectivity index (χ4n) is 0.713. The normalized spacial score (nSPS) is 14.5. The second kappa shape index (κ2) is 5.50. The van der Waals surface area contributed by atoms with E-state index in [2.05, 4.69) is 10.6 Å². The minimum atomic E-state index is -1.73. The van der Waals surface area contributed by atoms with Crippen LogP contribution in [0.1, 0.15) is 6.92 Å². The van der Waals surface area contributed by atoms with Gasteiger partial charge in [0.25, 0.3) is 11.8 Å². The average molecular weight is 190 g/mol. The molecular formula is C7H14N2O4. The molecule has 13 heavy (non-hydrogen) atoms. The lowest BCUT2D eigenvalue weighted by atomic mass is 10.2. The van der Waals surface area contributed by atoms with Gasteiger partial charge in [-0.2, -0.15) is 0 Å². The molecular weight excluding hydrogens is 176 g/mol. The smallest absolute Gasteiger partial charge is 0.252 e. The summed E-state index contributed by atoms with van der Waals surface area (Å²) in [6.07, 6.45) is -3.45. The summed E-state index contributed by atoms with van der Waals surface area (Å²) in [5.41, 5.74) is 0. The van der Waals surface area contributed by atoms with Crippen LogP contribution < -0.4 is 10.6 Å². The molecule has 0 aliphatic heterocycles. The van der Waals surface area contributed by atoms with E-state index in [-0.39, 0.29) is 0 Å². The van der Waals surface area contributed by atoms with Crippen molar-refractivity contribution in [2.24, 2.45) is 0 Å². The highest BCUT2D eigenvalue weighted by Gasteiger charge is 2.28. The van der Waals surface area contributed by atoms with Gasteiger partial charge in [-0.15, -0.1) is 0 Å². The van der Waals surface area contributed by atoms with Crippen LogP contribution in [0.4, 0.5) is 0 Å². The number of hydrogen-bond acceptors (Lipinski definition) is 4. The molecule has 0 saturated carbocycles. The zero-order valence-corrected chi connectivity index (χ0v) is 7.57. The van der Waals surface area contributed by atoms with Gasteiger partial charge in [-0.25, -0.2) is 0 Å². The largest absolute Gasteiger partial charge is 0.380 e. The zero-order valence-electron chi connectivity index (χ0n) is 7.57. The highest BCUT2D eigenvalue weighted by Crippen LogP contribution is 1.93. The van der Waals surface area contributed by atoms with Crippen molar-refractivity contribution in [3.8, 4) is 0 Å². The standard InChI is InChI=1S/C7H14N2O4/c1-3-9-7(13)5(11)4(10)6(12)8-2/h4-5,10-11H,3H2,1-2H3,(H,8,12)(H,9,13)/t4-,5-/m0/s1. The maximum absolute atomic E-state index is 10.9. The van der Waals surface area contributed by atoms with Crippen LogP contribution in [0.3, 0.4) is 0 Å². The van der Waals surface area contributed by atoms with E-state index in [0.717, 1.165) is 0 Å². The molecule has 76 valence electrons. The van der Waals surface area contributed by atoms with Crippen molar-refractivity contribution in [2.75, 3.05) is 13.6 Å². The van der Waals surface area contributed by atoms with Crippen LogP contribution in [-0.2, 0) is 9.59 Å². The van der Waals surface area contributed by atoms with E-state index >= 15 is 0 Å². The van der Waals surface area contributed by atoms with Crippen molar-refractivity contribution in [2.45, 2.75) is 19.1 Å². The number of nitrogens with one attached hydrogen (secondary N) is 2. The third-order valence-corrected chi connectivity index (χ3v) is 1.43. The monoisotopic (exact) mass is 190 g/mol. The van der Waals surface area contributed by atoms with E-state index in [1.54, 1.807) is 6.92 Å². The number of rotatable bonds is 4. The fourth-order valence-corrected chi connectivity index (χ4v) is 0.713. The Morgan fingerprint density at radius 1 is 1.23 bits per heavy atom. The van der Waals surface area contributed by atoms with Crippen LogP contribution in [0.5, 0.6) is 0 Å². The summed E-state index contributed by atoms with van der Waals surface area (Å²) >= 11 is 0. The van der Waals surface area contributed by atoms with Gasteiger partial charge in [0.05, 0.1) is 0 Å². The number of aliphatic hydroxyl groups excluding tert-OH is 2. The van der Waals surface area contributed by atoms with E-state index in [1.165, 1.54) is 7.05 Å². The Hall–Kier alpha value is -1.14. The Labute approximate surface area is 75.9 Å². The molecule has 0 radical (unpaired) electrons. The number of likely N-dealkylation sites (N-methyl/N-ethyl adjacent to an activating group) is 2. The van der Waals surface area contributed by atoms with Gasteiger partial charge in [-0.1, -0.05) is 0 Å². The van der Waals surface area contributed by atoms with E-state index < -0.39 is 24.0 Å². The van der Waals surface area contributed by atoms with Gasteiger partial charge in [0.2, 0.25) is 0 Å². The van der Waals surface area contributed by atoms with E-state index in [9.17, 15) is 9.59 Å². The molecule has 0 saturated heterocycles. The molecule has 0 aromatic heterocycles. The molecule has 2 amide bonds. The molecule has 0 bridgehead atoms. The summed E-state index contributed by atoms with van der Waals surface area (Å²) in [4.78, 5) is 21.7. The molecule has 0 aromatic carbocycles. The zero-order chi connectivity index (χ0) is 10.4. The lowest BCUT2D eigenvalue weighted by Gasteiger charge is -2.15. The molecule has 0 aliphatic rings. The number of carbonyl (C=O) groups is 2. The average Bonchev–Trinajstić information content (AvgIpc) is 2.14. The van der Waals surface area contributed by atoms with E-state index in [0.29, 0.717) is 6.54 Å². The Morgan fingerprint density at radius 3 is 2.08 bits per heavy atom. The van der Waals surface area contributed by atoms with Gasteiger partial charge in [0, 0.05) is 13.6 Å². The number of carbonyl (C=O) groups excluding carboxylic acids is 2. The van der Waals surface area contributed by atoms with Crippen LogP contribution in [0.15, 0.2) is 0 Å². The summed E-state index contributed by atoms with van der Waals surface area (Å²) < 4.78 is 0. The molecule has 0 aliphatic carbocycles. The second-order valence-electron chi connectivity index (χ2n) is 2.40. The van der Waals surface area contributed by atoms with Gasteiger partial charge in [-0.05, 0) is 6.92 Å². The maximum Gasteiger partial charge on any atom is 0.252 e. The molecule has 0 rings (SSSR count).